The minimum atomic E-state index is -0.118. The summed E-state index contributed by atoms with van der Waals surface area (Å²) in [5.41, 5.74) is 4.90. The van der Waals surface area contributed by atoms with Crippen LogP contribution < -0.4 is 0 Å². The van der Waals surface area contributed by atoms with Crippen molar-refractivity contribution < 1.29 is 18.9 Å². The highest BCUT2D eigenvalue weighted by molar-refractivity contribution is 4.98. The van der Waals surface area contributed by atoms with Crippen LogP contribution in [0.15, 0.2) is 48.6 Å². The normalized spacial score (nSPS) is 13.8. The monoisotopic (exact) mass is 422 g/mol. The van der Waals surface area contributed by atoms with Crippen LogP contribution in [0.3, 0.4) is 0 Å². The van der Waals surface area contributed by atoms with Crippen molar-refractivity contribution in [1.82, 2.24) is 0 Å². The molecular formula is C26H46O4. The van der Waals surface area contributed by atoms with Gasteiger partial charge in [-0.2, -0.15) is 0 Å². The molecule has 0 radical (unpaired) electrons. The molecule has 30 heavy (non-hydrogen) atoms. The van der Waals surface area contributed by atoms with E-state index < -0.39 is 0 Å². The van der Waals surface area contributed by atoms with Crippen molar-refractivity contribution in [3.05, 3.63) is 48.6 Å². The van der Waals surface area contributed by atoms with Gasteiger partial charge in [0, 0.05) is 26.1 Å². The molecule has 0 bridgehead atoms. The third kappa shape index (κ3) is 17.6. The molecule has 0 unspecified atom stereocenters. The van der Waals surface area contributed by atoms with Gasteiger partial charge in [-0.05, 0) is 66.2 Å². The van der Waals surface area contributed by atoms with Crippen LogP contribution in [0.1, 0.15) is 79.1 Å². The molecule has 174 valence electrons. The average molecular weight is 423 g/mol. The van der Waals surface area contributed by atoms with E-state index in [1.54, 1.807) is 0 Å². The number of hydrogen-bond donors (Lipinski definition) is 0. The fourth-order valence-corrected chi connectivity index (χ4v) is 3.02. The van der Waals surface area contributed by atoms with E-state index >= 15 is 0 Å². The van der Waals surface area contributed by atoms with Crippen LogP contribution in [0.4, 0.5) is 0 Å². The number of ether oxygens (including phenoxy) is 4. The molecule has 0 aromatic carbocycles. The molecular weight excluding hydrogens is 376 g/mol. The van der Waals surface area contributed by atoms with Gasteiger partial charge in [0.2, 0.25) is 0 Å². The molecule has 0 atom stereocenters. The Hall–Kier alpha value is -1.20. The van der Waals surface area contributed by atoms with E-state index in [4.69, 9.17) is 18.9 Å². The Kier molecular flexibility index (Phi) is 17.8. The van der Waals surface area contributed by atoms with E-state index in [-0.39, 0.29) is 12.6 Å². The maximum absolute atomic E-state index is 5.48. The lowest BCUT2D eigenvalue weighted by Gasteiger charge is -2.18. The molecule has 1 rings (SSSR count). The summed E-state index contributed by atoms with van der Waals surface area (Å²) in [7, 11) is 0. The third-order valence-electron chi connectivity index (χ3n) is 4.57. The number of rotatable bonds is 16. The summed E-state index contributed by atoms with van der Waals surface area (Å²) in [6, 6.07) is 0. The zero-order valence-corrected chi connectivity index (χ0v) is 20.1. The first-order chi connectivity index (χ1) is 14.3. The van der Waals surface area contributed by atoms with Crippen LogP contribution >= 0.6 is 0 Å². The van der Waals surface area contributed by atoms with Gasteiger partial charge in [-0.1, -0.05) is 35.5 Å². The summed E-state index contributed by atoms with van der Waals surface area (Å²) < 4.78 is 21.7. The molecule has 0 amide bonds. The molecule has 4 heteroatoms. The SMILES string of the molecule is C=C(C)CCCC(=C)CC(OCC)OCC.C=C(C)CCCC(=C)CC1OCCO1. The van der Waals surface area contributed by atoms with Crippen molar-refractivity contribution in [2.24, 2.45) is 0 Å². The highest BCUT2D eigenvalue weighted by Gasteiger charge is 2.16. The summed E-state index contributed by atoms with van der Waals surface area (Å²) >= 11 is 0. The zero-order valence-electron chi connectivity index (χ0n) is 20.1. The molecule has 1 saturated heterocycles. The summed E-state index contributed by atoms with van der Waals surface area (Å²) in [6.45, 7) is 26.8. The van der Waals surface area contributed by atoms with Gasteiger partial charge in [-0.25, -0.2) is 0 Å². The first-order valence-electron chi connectivity index (χ1n) is 11.4. The van der Waals surface area contributed by atoms with Gasteiger partial charge in [0.15, 0.2) is 12.6 Å². The number of hydrogen-bond acceptors (Lipinski definition) is 4. The molecule has 0 N–H and O–H groups in total. The minimum Gasteiger partial charge on any atom is -0.353 e. The predicted octanol–water partition coefficient (Wildman–Crippen LogP) is 7.13. The summed E-state index contributed by atoms with van der Waals surface area (Å²) in [6.07, 6.45) is 8.01. The molecule has 1 fully saturated rings. The zero-order chi connectivity index (χ0) is 22.8. The van der Waals surface area contributed by atoms with Gasteiger partial charge in [0.25, 0.3) is 0 Å². The lowest BCUT2D eigenvalue weighted by atomic mass is 10.0. The van der Waals surface area contributed by atoms with Crippen molar-refractivity contribution in [2.45, 2.75) is 91.6 Å². The fraction of sp³-hybridized carbons (Fsp3) is 0.692. The second-order valence-electron chi connectivity index (χ2n) is 8.04. The van der Waals surface area contributed by atoms with E-state index in [2.05, 4.69) is 40.2 Å². The standard InChI is InChI=1S/C14H26O2.C12H20O2/c1-6-15-14(16-7-2)11-13(5)10-8-9-12(3)4;1-10(2)5-4-6-11(3)9-12-13-7-8-14-12/h14H,3,5-11H2,1-2,4H3;12H,1,3-9H2,2H3. The van der Waals surface area contributed by atoms with Crippen LogP contribution in [-0.4, -0.2) is 39.0 Å². The molecule has 0 spiro atoms. The highest BCUT2D eigenvalue weighted by atomic mass is 16.7. The van der Waals surface area contributed by atoms with E-state index in [1.807, 2.05) is 13.8 Å². The quantitative estimate of drug-likeness (QED) is 0.196. The summed E-state index contributed by atoms with van der Waals surface area (Å²) in [5.74, 6) is 0. The van der Waals surface area contributed by atoms with E-state index in [9.17, 15) is 0 Å². The minimum absolute atomic E-state index is 0.0349. The Bertz CT molecular complexity index is 497. The van der Waals surface area contributed by atoms with Gasteiger partial charge in [0.1, 0.15) is 0 Å². The van der Waals surface area contributed by atoms with E-state index in [0.29, 0.717) is 13.2 Å². The Morgan fingerprint density at radius 3 is 1.70 bits per heavy atom. The molecule has 0 aromatic heterocycles. The molecule has 1 heterocycles. The highest BCUT2D eigenvalue weighted by Crippen LogP contribution is 2.18. The van der Waals surface area contributed by atoms with E-state index in [1.165, 1.54) is 22.3 Å². The lowest BCUT2D eigenvalue weighted by molar-refractivity contribution is -0.134. The molecule has 1 aliphatic rings. The van der Waals surface area contributed by atoms with Crippen molar-refractivity contribution in [3.63, 3.8) is 0 Å². The van der Waals surface area contributed by atoms with E-state index in [0.717, 1.165) is 64.6 Å². The second kappa shape index (κ2) is 18.6. The Morgan fingerprint density at radius 2 is 1.27 bits per heavy atom. The second-order valence-corrected chi connectivity index (χ2v) is 8.04. The van der Waals surface area contributed by atoms with Gasteiger partial charge >= 0.3 is 0 Å². The van der Waals surface area contributed by atoms with Crippen LogP contribution in [0.25, 0.3) is 0 Å². The molecule has 1 aliphatic heterocycles. The fourth-order valence-electron chi connectivity index (χ4n) is 3.02. The van der Waals surface area contributed by atoms with Crippen molar-refractivity contribution in [2.75, 3.05) is 26.4 Å². The van der Waals surface area contributed by atoms with Crippen molar-refractivity contribution in [3.8, 4) is 0 Å². The maximum atomic E-state index is 5.48. The van der Waals surface area contributed by atoms with Crippen LogP contribution in [0, 0.1) is 0 Å². The van der Waals surface area contributed by atoms with Gasteiger partial charge < -0.3 is 18.9 Å². The Balaban J connectivity index is 0.000000564. The predicted molar refractivity (Wildman–Crippen MR) is 128 cm³/mol. The Labute approximate surface area is 186 Å². The van der Waals surface area contributed by atoms with Crippen LogP contribution in [0.2, 0.25) is 0 Å². The van der Waals surface area contributed by atoms with Crippen molar-refractivity contribution >= 4 is 0 Å². The smallest absolute Gasteiger partial charge is 0.161 e. The lowest BCUT2D eigenvalue weighted by Crippen LogP contribution is -2.17. The molecule has 0 aliphatic carbocycles. The van der Waals surface area contributed by atoms with Gasteiger partial charge in [0.05, 0.1) is 13.2 Å². The molecule has 0 aromatic rings. The van der Waals surface area contributed by atoms with Crippen molar-refractivity contribution in [1.29, 1.82) is 0 Å². The third-order valence-corrected chi connectivity index (χ3v) is 4.57. The summed E-state index contributed by atoms with van der Waals surface area (Å²) in [5, 5.41) is 0. The maximum Gasteiger partial charge on any atom is 0.161 e. The molecule has 0 saturated carbocycles. The Morgan fingerprint density at radius 1 is 0.800 bits per heavy atom. The first kappa shape index (κ1) is 28.8. The van der Waals surface area contributed by atoms with Gasteiger partial charge in [-0.3, -0.25) is 0 Å². The summed E-state index contributed by atoms with van der Waals surface area (Å²) in [4.78, 5) is 0. The van der Waals surface area contributed by atoms with Crippen LogP contribution in [0.5, 0.6) is 0 Å². The van der Waals surface area contributed by atoms with Gasteiger partial charge in [-0.15, -0.1) is 13.2 Å². The largest absolute Gasteiger partial charge is 0.353 e. The number of allylic oxidation sites excluding steroid dienone is 2. The van der Waals surface area contributed by atoms with Crippen LogP contribution in [-0.2, 0) is 18.9 Å². The topological polar surface area (TPSA) is 36.9 Å². The first-order valence-corrected chi connectivity index (χ1v) is 11.4. The average Bonchev–Trinajstić information content (AvgIpc) is 3.15. The molecule has 4 nitrogen and oxygen atoms in total.